The van der Waals surface area contributed by atoms with Crippen molar-refractivity contribution in [3.63, 3.8) is 0 Å². The van der Waals surface area contributed by atoms with E-state index in [0.717, 1.165) is 5.56 Å². The summed E-state index contributed by atoms with van der Waals surface area (Å²) in [6.07, 6.45) is 0. The molecule has 3 N–H and O–H groups in total. The molecule has 22 heavy (non-hydrogen) atoms. The van der Waals surface area contributed by atoms with E-state index in [2.05, 4.69) is 10.6 Å². The minimum atomic E-state index is -0.933. The maximum Gasteiger partial charge on any atom is 0.314 e. The second-order valence-electron chi connectivity index (χ2n) is 4.55. The van der Waals surface area contributed by atoms with Crippen LogP contribution >= 0.6 is 23.2 Å². The van der Waals surface area contributed by atoms with Gasteiger partial charge in [0, 0.05) is 5.02 Å². The topological polar surface area (TPSA) is 78.4 Å². The third kappa shape index (κ3) is 3.90. The van der Waals surface area contributed by atoms with E-state index in [4.69, 9.17) is 23.2 Å². The van der Waals surface area contributed by atoms with Gasteiger partial charge in [-0.2, -0.15) is 0 Å². The van der Waals surface area contributed by atoms with E-state index < -0.39 is 11.8 Å². The van der Waals surface area contributed by atoms with E-state index in [9.17, 15) is 14.7 Å². The predicted molar refractivity (Wildman–Crippen MR) is 86.6 cm³/mol. The quantitative estimate of drug-likeness (QED) is 0.578. The highest BCUT2D eigenvalue weighted by Crippen LogP contribution is 2.26. The maximum absolute atomic E-state index is 11.9. The first kappa shape index (κ1) is 16.1. The van der Waals surface area contributed by atoms with Crippen molar-refractivity contribution < 1.29 is 14.7 Å². The standard InChI is InChI=1S/C15H12Cl2N2O3/c1-8-2-5-13(20)12(6-8)19-15(22)14(21)18-11-7-9(16)3-4-10(11)17/h2-7,20H,1H3,(H,18,21)(H,19,22). The lowest BCUT2D eigenvalue weighted by atomic mass is 10.2. The minimum absolute atomic E-state index is 0.132. The van der Waals surface area contributed by atoms with Gasteiger partial charge in [-0.05, 0) is 42.8 Å². The zero-order valence-corrected chi connectivity index (χ0v) is 13.0. The number of hydrogen-bond donors (Lipinski definition) is 3. The molecule has 0 unspecified atom stereocenters. The van der Waals surface area contributed by atoms with Crippen LogP contribution in [0.4, 0.5) is 11.4 Å². The number of aryl methyl sites for hydroxylation is 1. The lowest BCUT2D eigenvalue weighted by Gasteiger charge is -2.09. The Hall–Kier alpha value is -2.24. The van der Waals surface area contributed by atoms with Gasteiger partial charge in [-0.25, -0.2) is 0 Å². The molecular formula is C15H12Cl2N2O3. The maximum atomic E-state index is 11.9. The zero-order chi connectivity index (χ0) is 16.3. The number of amides is 2. The van der Waals surface area contributed by atoms with Gasteiger partial charge in [0.05, 0.1) is 16.4 Å². The number of anilines is 2. The highest BCUT2D eigenvalue weighted by atomic mass is 35.5. The molecule has 0 radical (unpaired) electrons. The normalized spacial score (nSPS) is 10.1. The molecular weight excluding hydrogens is 327 g/mol. The molecule has 2 rings (SSSR count). The number of carbonyl (C=O) groups excluding carboxylic acids is 2. The molecule has 0 aromatic heterocycles. The van der Waals surface area contributed by atoms with E-state index in [1.165, 1.54) is 18.2 Å². The van der Waals surface area contributed by atoms with Gasteiger partial charge in [0.25, 0.3) is 0 Å². The van der Waals surface area contributed by atoms with Crippen LogP contribution in [0.25, 0.3) is 0 Å². The van der Waals surface area contributed by atoms with E-state index in [-0.39, 0.29) is 22.1 Å². The molecule has 7 heteroatoms. The Balaban J connectivity index is 2.11. The zero-order valence-electron chi connectivity index (χ0n) is 11.5. The Bertz CT molecular complexity index is 684. The van der Waals surface area contributed by atoms with Crippen LogP contribution in [0.1, 0.15) is 5.56 Å². The summed E-state index contributed by atoms with van der Waals surface area (Å²) in [5, 5.41) is 15.0. The Kier molecular flexibility index (Phi) is 4.90. The number of phenolic OH excluding ortho intramolecular Hbond substituents is 1. The van der Waals surface area contributed by atoms with Crippen LogP contribution in [0.15, 0.2) is 36.4 Å². The van der Waals surface area contributed by atoms with Crippen molar-refractivity contribution in [1.82, 2.24) is 0 Å². The molecule has 0 heterocycles. The fraction of sp³-hybridized carbons (Fsp3) is 0.0667. The summed E-state index contributed by atoms with van der Waals surface area (Å²) in [5.41, 5.74) is 1.20. The summed E-state index contributed by atoms with van der Waals surface area (Å²) in [5.74, 6) is -1.99. The molecule has 0 saturated heterocycles. The molecule has 0 aliphatic heterocycles. The van der Waals surface area contributed by atoms with Crippen LogP contribution < -0.4 is 10.6 Å². The van der Waals surface area contributed by atoms with Crippen molar-refractivity contribution in [2.24, 2.45) is 0 Å². The minimum Gasteiger partial charge on any atom is -0.506 e. The third-order valence-electron chi connectivity index (χ3n) is 2.78. The average Bonchev–Trinajstić information content (AvgIpc) is 2.46. The van der Waals surface area contributed by atoms with Gasteiger partial charge >= 0.3 is 11.8 Å². The molecule has 114 valence electrons. The lowest BCUT2D eigenvalue weighted by molar-refractivity contribution is -0.133. The number of benzene rings is 2. The van der Waals surface area contributed by atoms with Crippen molar-refractivity contribution in [3.05, 3.63) is 52.0 Å². The highest BCUT2D eigenvalue weighted by molar-refractivity contribution is 6.45. The van der Waals surface area contributed by atoms with Gasteiger partial charge in [-0.15, -0.1) is 0 Å². The molecule has 0 aliphatic rings. The largest absolute Gasteiger partial charge is 0.506 e. The van der Waals surface area contributed by atoms with Gasteiger partial charge in [0.2, 0.25) is 0 Å². The Morgan fingerprint density at radius 1 is 0.955 bits per heavy atom. The number of phenols is 1. The van der Waals surface area contributed by atoms with E-state index in [0.29, 0.717) is 5.02 Å². The highest BCUT2D eigenvalue weighted by Gasteiger charge is 2.17. The second kappa shape index (κ2) is 6.68. The molecule has 0 bridgehead atoms. The summed E-state index contributed by atoms with van der Waals surface area (Å²) in [6, 6.07) is 9.15. The summed E-state index contributed by atoms with van der Waals surface area (Å²) in [7, 11) is 0. The van der Waals surface area contributed by atoms with Gasteiger partial charge in [-0.1, -0.05) is 29.3 Å². The van der Waals surface area contributed by atoms with Crippen LogP contribution in [-0.2, 0) is 9.59 Å². The summed E-state index contributed by atoms with van der Waals surface area (Å²) >= 11 is 11.7. The second-order valence-corrected chi connectivity index (χ2v) is 5.40. The molecule has 2 aromatic rings. The fourth-order valence-electron chi connectivity index (χ4n) is 1.70. The van der Waals surface area contributed by atoms with Crippen molar-refractivity contribution in [3.8, 4) is 5.75 Å². The smallest absolute Gasteiger partial charge is 0.314 e. The molecule has 0 fully saturated rings. The van der Waals surface area contributed by atoms with Crippen LogP contribution in [0.3, 0.4) is 0 Å². The molecule has 2 amide bonds. The number of halogens is 2. The van der Waals surface area contributed by atoms with Crippen LogP contribution in [-0.4, -0.2) is 16.9 Å². The van der Waals surface area contributed by atoms with Gasteiger partial charge in [-0.3, -0.25) is 9.59 Å². The molecule has 5 nitrogen and oxygen atoms in total. The van der Waals surface area contributed by atoms with Crippen molar-refractivity contribution >= 4 is 46.4 Å². The molecule has 0 atom stereocenters. The SMILES string of the molecule is Cc1ccc(O)c(NC(=O)C(=O)Nc2cc(Cl)ccc2Cl)c1. The third-order valence-corrected chi connectivity index (χ3v) is 3.35. The first-order valence-corrected chi connectivity index (χ1v) is 6.99. The first-order valence-electron chi connectivity index (χ1n) is 6.24. The average molecular weight is 339 g/mol. The fourth-order valence-corrected chi connectivity index (χ4v) is 2.04. The van der Waals surface area contributed by atoms with Crippen LogP contribution in [0, 0.1) is 6.92 Å². The Morgan fingerprint density at radius 2 is 1.59 bits per heavy atom. The number of carbonyl (C=O) groups is 2. The van der Waals surface area contributed by atoms with Crippen LogP contribution in [0.2, 0.25) is 10.0 Å². The number of rotatable bonds is 2. The molecule has 0 saturated carbocycles. The summed E-state index contributed by atoms with van der Waals surface area (Å²) < 4.78 is 0. The summed E-state index contributed by atoms with van der Waals surface area (Å²) in [4.78, 5) is 23.7. The number of nitrogens with one attached hydrogen (secondary N) is 2. The van der Waals surface area contributed by atoms with Crippen molar-refractivity contribution in [2.75, 3.05) is 10.6 Å². The number of aromatic hydroxyl groups is 1. The Labute approximate surface area is 136 Å². The van der Waals surface area contributed by atoms with Crippen molar-refractivity contribution in [2.45, 2.75) is 6.92 Å². The summed E-state index contributed by atoms with van der Waals surface area (Å²) in [6.45, 7) is 1.79. The number of hydrogen-bond acceptors (Lipinski definition) is 3. The van der Waals surface area contributed by atoms with E-state index in [1.54, 1.807) is 25.1 Å². The van der Waals surface area contributed by atoms with Gasteiger partial charge in [0.1, 0.15) is 5.75 Å². The van der Waals surface area contributed by atoms with Gasteiger partial charge < -0.3 is 15.7 Å². The molecule has 0 aliphatic carbocycles. The van der Waals surface area contributed by atoms with Crippen molar-refractivity contribution in [1.29, 1.82) is 0 Å². The van der Waals surface area contributed by atoms with Crippen LogP contribution in [0.5, 0.6) is 5.75 Å². The van der Waals surface area contributed by atoms with E-state index >= 15 is 0 Å². The first-order chi connectivity index (χ1) is 10.4. The molecule has 0 spiro atoms. The monoisotopic (exact) mass is 338 g/mol. The molecule has 2 aromatic carbocycles. The lowest BCUT2D eigenvalue weighted by Crippen LogP contribution is -2.29. The predicted octanol–water partition coefficient (Wildman–Crippen LogP) is 3.58. The van der Waals surface area contributed by atoms with E-state index in [1.807, 2.05) is 0 Å². The van der Waals surface area contributed by atoms with Gasteiger partial charge in [0.15, 0.2) is 0 Å². The Morgan fingerprint density at radius 3 is 2.27 bits per heavy atom.